The molecule has 0 fully saturated rings. The van der Waals surface area contributed by atoms with E-state index in [1.54, 1.807) is 0 Å². The summed E-state index contributed by atoms with van der Waals surface area (Å²) in [4.78, 5) is 26.5. The molecule has 6 nitrogen and oxygen atoms in total. The minimum atomic E-state index is -0.833. The van der Waals surface area contributed by atoms with E-state index < -0.39 is 5.97 Å². The number of nitrogens with one attached hydrogen (secondary N) is 1. The number of amidine groups is 1. The molecule has 0 radical (unpaired) electrons. The molecule has 0 aliphatic carbocycles. The van der Waals surface area contributed by atoms with Gasteiger partial charge in [-0.25, -0.2) is 0 Å². The molecule has 0 unspecified atom stereocenters. The summed E-state index contributed by atoms with van der Waals surface area (Å²) < 4.78 is 7.49. The first-order valence-electron chi connectivity index (χ1n) is 12.3. The van der Waals surface area contributed by atoms with Crippen LogP contribution in [0.1, 0.15) is 18.1 Å². The molecule has 2 N–H and O–H groups in total. The minimum absolute atomic E-state index is 0.254. The van der Waals surface area contributed by atoms with Crippen LogP contribution < -0.4 is 12.9 Å². The zero-order valence-electron chi connectivity index (χ0n) is 21.6. The average molecular weight is 545 g/mol. The van der Waals surface area contributed by atoms with Gasteiger partial charge in [-0.2, -0.15) is 0 Å². The maximum atomic E-state index is 12.7. The topological polar surface area (TPSA) is 88.0 Å². The van der Waals surface area contributed by atoms with Crippen LogP contribution in [0.4, 0.5) is 5.69 Å². The zero-order valence-corrected chi connectivity index (χ0v) is 24.4. The minimum Gasteiger partial charge on any atom is -0.0622 e. The van der Waals surface area contributed by atoms with E-state index in [1.807, 2.05) is 78.9 Å². The van der Waals surface area contributed by atoms with E-state index >= 15 is 0 Å². The van der Waals surface area contributed by atoms with Crippen LogP contribution in [0.5, 0.6) is 5.75 Å². The molecule has 8 heteroatoms. The smallest absolute Gasteiger partial charge is 0.0622 e. The number of rotatable bonds is 6. The van der Waals surface area contributed by atoms with Crippen molar-refractivity contribution in [1.29, 1.82) is 0 Å². The normalized spacial score (nSPS) is 13.4. The third-order valence-electron chi connectivity index (χ3n) is 5.56. The van der Waals surface area contributed by atoms with E-state index in [-0.39, 0.29) is 5.91 Å². The summed E-state index contributed by atoms with van der Waals surface area (Å²) in [7, 11) is 0. The number of nitrogens with zero attached hydrogens (tertiary/aromatic N) is 1. The van der Waals surface area contributed by atoms with Crippen molar-refractivity contribution in [3.05, 3.63) is 119 Å². The van der Waals surface area contributed by atoms with Crippen molar-refractivity contribution in [3.8, 4) is 16.9 Å². The third-order valence-corrected chi connectivity index (χ3v) is 7.13. The van der Waals surface area contributed by atoms with E-state index in [1.165, 1.54) is 14.6 Å². The number of benzene rings is 4. The van der Waals surface area contributed by atoms with Crippen molar-refractivity contribution in [2.75, 3.05) is 5.32 Å². The molecule has 0 saturated carbocycles. The Morgan fingerprint density at radius 3 is 2.26 bits per heavy atom. The molecule has 4 aromatic rings. The molecule has 1 amide bonds. The number of hydrogen-bond donors (Lipinski definition) is 2. The van der Waals surface area contributed by atoms with E-state index in [2.05, 4.69) is 40.6 Å². The van der Waals surface area contributed by atoms with Crippen LogP contribution in [0.25, 0.3) is 17.2 Å². The Balaban J connectivity index is 0.000000826. The first kappa shape index (κ1) is 28.4. The summed E-state index contributed by atoms with van der Waals surface area (Å²) in [5.41, 5.74) is 5.01. The molecule has 0 aromatic heterocycles. The van der Waals surface area contributed by atoms with Gasteiger partial charge in [0.1, 0.15) is 6.61 Å². The molecule has 0 atom stereocenters. The zero-order chi connectivity index (χ0) is 27.6. The standard InChI is InChI=1S/C29H21N2O2S.C2H4O2.Na/c32-28-27(34-29(31-28)30-25-14-8-3-9-15-25)19-24-18-23(22-12-6-2-7-13-22)16-17-26(24)33-20-21-10-4-1-5-11-21;1-2(3)4;/h1-2,4-19H,20H2,(H,30,31,32);1H3,(H,3,4);. The number of carbonyl (C=O) groups excluding carboxylic acids is 1. The van der Waals surface area contributed by atoms with Crippen molar-refractivity contribution in [2.24, 2.45) is 4.99 Å². The van der Waals surface area contributed by atoms with Crippen molar-refractivity contribution >= 4 is 71.3 Å². The Labute approximate surface area is 249 Å². The fraction of sp³-hybridized carbons (Fsp3) is 0.0645. The van der Waals surface area contributed by atoms with Gasteiger partial charge in [-0.15, -0.1) is 0 Å². The Kier molecular flexibility index (Phi) is 10.2. The fourth-order valence-electron chi connectivity index (χ4n) is 3.70. The van der Waals surface area contributed by atoms with Crippen molar-refractivity contribution < 1.29 is 19.4 Å². The average Bonchev–Trinajstić information content (AvgIpc) is 3.28. The van der Waals surface area contributed by atoms with Gasteiger partial charge in [-0.1, -0.05) is 66.7 Å². The Hall–Kier alpha value is -3.62. The number of amides is 1. The number of aliphatic carboxylic acids is 1. The van der Waals surface area contributed by atoms with E-state index in [0.29, 0.717) is 16.7 Å². The van der Waals surface area contributed by atoms with Gasteiger partial charge >= 0.3 is 143 Å². The number of thioether (sulfide) groups is 1. The number of hydrogen-bond acceptors (Lipinski definition) is 5. The van der Waals surface area contributed by atoms with Gasteiger partial charge in [-0.05, 0) is 11.1 Å². The maximum absolute atomic E-state index is 12.7. The first-order chi connectivity index (χ1) is 18.9. The molecule has 39 heavy (non-hydrogen) atoms. The molecular weight excluding hydrogens is 519 g/mol. The Bertz CT molecular complexity index is 1500. The molecule has 0 bridgehead atoms. The van der Waals surface area contributed by atoms with Crippen LogP contribution in [-0.4, -0.2) is 50.1 Å². The molecule has 1 aliphatic heterocycles. The summed E-state index contributed by atoms with van der Waals surface area (Å²) in [5.74, 6) is -0.366. The second-order valence-corrected chi connectivity index (χ2v) is 10.9. The van der Waals surface area contributed by atoms with Gasteiger partial charge in [0.2, 0.25) is 0 Å². The van der Waals surface area contributed by atoms with Crippen LogP contribution in [0.15, 0.2) is 113 Å². The van der Waals surface area contributed by atoms with Gasteiger partial charge in [0.15, 0.2) is 0 Å². The number of anilines is 1. The monoisotopic (exact) mass is 544 g/mol. The van der Waals surface area contributed by atoms with Gasteiger partial charge in [0.05, 0.1) is 0 Å². The molecular formula is C31H25N2NaO4S. The van der Waals surface area contributed by atoms with Crippen molar-refractivity contribution in [3.63, 3.8) is 0 Å². The summed E-state index contributed by atoms with van der Waals surface area (Å²) in [6.45, 7) is 1.53. The van der Waals surface area contributed by atoms with Crippen LogP contribution in [0, 0.1) is 0 Å². The molecule has 1 heterocycles. The first-order valence-corrected chi connectivity index (χ1v) is 14.1. The molecule has 4 aromatic carbocycles. The summed E-state index contributed by atoms with van der Waals surface area (Å²) in [6.07, 6.45) is 1.87. The molecule has 190 valence electrons. The summed E-state index contributed by atoms with van der Waals surface area (Å²) >= 11 is 2.35. The van der Waals surface area contributed by atoms with Gasteiger partial charge in [0, 0.05) is 6.92 Å². The molecule has 1 aliphatic rings. The number of ether oxygens (including phenoxy) is 1. The van der Waals surface area contributed by atoms with Gasteiger partial charge in [-0.3, -0.25) is 4.79 Å². The second-order valence-electron chi connectivity index (χ2n) is 8.74. The Morgan fingerprint density at radius 1 is 0.949 bits per heavy atom. The van der Waals surface area contributed by atoms with E-state index in [0.717, 1.165) is 68.5 Å². The van der Waals surface area contributed by atoms with Gasteiger partial charge < -0.3 is 5.11 Å². The summed E-state index contributed by atoms with van der Waals surface area (Å²) in [5, 5.41) is 11.2. The Morgan fingerprint density at radius 2 is 1.59 bits per heavy atom. The number of carboxylic acids is 1. The third kappa shape index (κ3) is 8.70. The molecule has 5 rings (SSSR count). The fourth-order valence-corrected chi connectivity index (χ4v) is 4.86. The number of aliphatic imine (C=N–C) groups is 1. The predicted octanol–water partition coefficient (Wildman–Crippen LogP) is 5.90. The van der Waals surface area contributed by atoms with Crippen LogP contribution in [0.2, 0.25) is 0 Å². The molecule has 0 spiro atoms. The van der Waals surface area contributed by atoms with E-state index in [9.17, 15) is 4.79 Å². The molecule has 0 saturated heterocycles. The van der Waals surface area contributed by atoms with Crippen molar-refractivity contribution in [2.45, 2.75) is 13.5 Å². The summed E-state index contributed by atoms with van der Waals surface area (Å²) in [6, 6.07) is 34.5. The quantitative estimate of drug-likeness (QED) is 0.232. The SMILES string of the molecule is CC(=O)O.O=C1N=C(Nc2cc[c]([Na])cc2)SC1=Cc1cc(-c2ccccc2)ccc1OCc1ccccc1. The predicted molar refractivity (Wildman–Crippen MR) is 159 cm³/mol. The number of carboxylic acid groups (broad SMARTS) is 1. The van der Waals surface area contributed by atoms with Crippen molar-refractivity contribution in [1.82, 2.24) is 0 Å². The van der Waals surface area contributed by atoms with Crippen LogP contribution >= 0.6 is 11.8 Å². The van der Waals surface area contributed by atoms with Gasteiger partial charge in [0.25, 0.3) is 5.97 Å². The van der Waals surface area contributed by atoms with Crippen LogP contribution in [0.3, 0.4) is 0 Å². The van der Waals surface area contributed by atoms with E-state index in [4.69, 9.17) is 14.6 Å². The second kappa shape index (κ2) is 14.0. The number of carbonyl (C=O) groups is 2. The van der Waals surface area contributed by atoms with Crippen LogP contribution in [-0.2, 0) is 16.2 Å².